The number of ether oxygens (including phenoxy) is 3. The predicted molar refractivity (Wildman–Crippen MR) is 71.7 cm³/mol. The van der Waals surface area contributed by atoms with E-state index in [0.29, 0.717) is 25.5 Å². The fraction of sp³-hybridized carbons (Fsp3) is 0.571. The molecule has 1 aromatic rings. The van der Waals surface area contributed by atoms with Gasteiger partial charge in [0, 0.05) is 20.2 Å². The van der Waals surface area contributed by atoms with Crippen molar-refractivity contribution >= 4 is 0 Å². The molecule has 0 aromatic heterocycles. The van der Waals surface area contributed by atoms with Crippen LogP contribution in [0.3, 0.4) is 0 Å². The van der Waals surface area contributed by atoms with Gasteiger partial charge in [-0.15, -0.1) is 0 Å². The normalized spacial score (nSPS) is 19.5. The van der Waals surface area contributed by atoms with Gasteiger partial charge in [0.15, 0.2) is 17.6 Å². The van der Waals surface area contributed by atoms with Gasteiger partial charge in [-0.3, -0.25) is 0 Å². The van der Waals surface area contributed by atoms with Crippen LogP contribution >= 0.6 is 0 Å². The quantitative estimate of drug-likeness (QED) is 0.825. The van der Waals surface area contributed by atoms with Gasteiger partial charge in [-0.25, -0.2) is 0 Å². The average Bonchev–Trinajstić information content (AvgIpc) is 2.44. The Hall–Kier alpha value is -1.30. The van der Waals surface area contributed by atoms with Gasteiger partial charge in [0.1, 0.15) is 12.7 Å². The van der Waals surface area contributed by atoms with Crippen LogP contribution < -0.4 is 9.47 Å². The van der Waals surface area contributed by atoms with Gasteiger partial charge in [-0.2, -0.15) is 0 Å². The van der Waals surface area contributed by atoms with Crippen LogP contribution in [0.15, 0.2) is 24.3 Å². The minimum atomic E-state index is -0.588. The fourth-order valence-corrected chi connectivity index (χ4v) is 2.00. The molecule has 0 radical (unpaired) electrons. The molecule has 0 saturated heterocycles. The number of hydrogen-bond acceptors (Lipinski definition) is 5. The highest BCUT2D eigenvalue weighted by Crippen LogP contribution is 2.31. The van der Waals surface area contributed by atoms with E-state index in [9.17, 15) is 5.11 Å². The molecule has 1 heterocycles. The molecule has 19 heavy (non-hydrogen) atoms. The van der Waals surface area contributed by atoms with Crippen LogP contribution in [0.1, 0.15) is 0 Å². The third-order valence-corrected chi connectivity index (χ3v) is 3.14. The van der Waals surface area contributed by atoms with E-state index >= 15 is 0 Å². The first-order valence-corrected chi connectivity index (χ1v) is 6.44. The summed E-state index contributed by atoms with van der Waals surface area (Å²) < 4.78 is 16.4. The zero-order valence-electron chi connectivity index (χ0n) is 11.4. The average molecular weight is 267 g/mol. The van der Waals surface area contributed by atoms with Gasteiger partial charge >= 0.3 is 0 Å². The standard InChI is InChI=1S/C14H21NO4/c1-15(7-8-17-2)9-11(16)14-10-18-12-5-3-4-6-13(12)19-14/h3-6,11,14,16H,7-10H2,1-2H3. The lowest BCUT2D eigenvalue weighted by molar-refractivity contribution is -0.0241. The van der Waals surface area contributed by atoms with Crippen molar-refractivity contribution in [1.82, 2.24) is 4.90 Å². The van der Waals surface area contributed by atoms with Crippen molar-refractivity contribution in [2.45, 2.75) is 12.2 Å². The van der Waals surface area contributed by atoms with E-state index in [1.807, 2.05) is 36.2 Å². The molecular weight excluding hydrogens is 246 g/mol. The largest absolute Gasteiger partial charge is 0.486 e. The summed E-state index contributed by atoms with van der Waals surface area (Å²) in [5, 5.41) is 10.2. The Bertz CT molecular complexity index is 399. The smallest absolute Gasteiger partial charge is 0.161 e. The van der Waals surface area contributed by atoms with Crippen molar-refractivity contribution in [3.8, 4) is 11.5 Å². The Morgan fingerprint density at radius 2 is 2.16 bits per heavy atom. The van der Waals surface area contributed by atoms with Crippen LogP contribution in [-0.2, 0) is 4.74 Å². The van der Waals surface area contributed by atoms with E-state index in [0.717, 1.165) is 12.3 Å². The predicted octanol–water partition coefficient (Wildman–Crippen LogP) is 0.765. The van der Waals surface area contributed by atoms with E-state index in [2.05, 4.69) is 0 Å². The Kier molecular flexibility index (Phi) is 5.01. The summed E-state index contributed by atoms with van der Waals surface area (Å²) in [5.74, 6) is 1.43. The first kappa shape index (κ1) is 14.1. The second kappa shape index (κ2) is 6.75. The third kappa shape index (κ3) is 3.83. The summed E-state index contributed by atoms with van der Waals surface area (Å²) in [4.78, 5) is 2.01. The van der Waals surface area contributed by atoms with E-state index in [1.54, 1.807) is 7.11 Å². The highest BCUT2D eigenvalue weighted by atomic mass is 16.6. The molecule has 1 N–H and O–H groups in total. The maximum absolute atomic E-state index is 10.2. The van der Waals surface area contributed by atoms with Gasteiger partial charge in [0.25, 0.3) is 0 Å². The molecule has 0 aliphatic carbocycles. The zero-order chi connectivity index (χ0) is 13.7. The van der Waals surface area contributed by atoms with Crippen molar-refractivity contribution < 1.29 is 19.3 Å². The third-order valence-electron chi connectivity index (χ3n) is 3.14. The van der Waals surface area contributed by atoms with Crippen molar-refractivity contribution in [2.75, 3.05) is 40.5 Å². The summed E-state index contributed by atoms with van der Waals surface area (Å²) in [5.41, 5.74) is 0. The number of hydrogen-bond donors (Lipinski definition) is 1. The Morgan fingerprint density at radius 1 is 1.42 bits per heavy atom. The van der Waals surface area contributed by atoms with Crippen LogP contribution in [0.2, 0.25) is 0 Å². The lowest BCUT2D eigenvalue weighted by Crippen LogP contribution is -2.45. The molecule has 1 aliphatic heterocycles. The van der Waals surface area contributed by atoms with Crippen molar-refractivity contribution in [2.24, 2.45) is 0 Å². The van der Waals surface area contributed by atoms with Crippen LogP contribution in [0.5, 0.6) is 11.5 Å². The number of rotatable bonds is 6. The van der Waals surface area contributed by atoms with Gasteiger partial charge in [0.2, 0.25) is 0 Å². The van der Waals surface area contributed by atoms with Crippen molar-refractivity contribution in [1.29, 1.82) is 0 Å². The summed E-state index contributed by atoms with van der Waals surface area (Å²) in [6.45, 7) is 2.32. The van der Waals surface area contributed by atoms with Gasteiger partial charge in [-0.1, -0.05) is 12.1 Å². The van der Waals surface area contributed by atoms with E-state index in [-0.39, 0.29) is 6.10 Å². The lowest BCUT2D eigenvalue weighted by atomic mass is 10.1. The molecule has 1 aliphatic rings. The molecule has 0 spiro atoms. The molecule has 1 aromatic carbocycles. The monoisotopic (exact) mass is 267 g/mol. The van der Waals surface area contributed by atoms with Crippen molar-refractivity contribution in [3.05, 3.63) is 24.3 Å². The topological polar surface area (TPSA) is 51.2 Å². The Balaban J connectivity index is 1.86. The summed E-state index contributed by atoms with van der Waals surface area (Å²) in [6.07, 6.45) is -0.921. The highest BCUT2D eigenvalue weighted by Gasteiger charge is 2.28. The van der Waals surface area contributed by atoms with E-state index < -0.39 is 6.10 Å². The highest BCUT2D eigenvalue weighted by molar-refractivity contribution is 5.40. The second-order valence-electron chi connectivity index (χ2n) is 4.74. The van der Waals surface area contributed by atoms with Gasteiger partial charge < -0.3 is 24.2 Å². The maximum Gasteiger partial charge on any atom is 0.161 e. The minimum absolute atomic E-state index is 0.333. The number of aliphatic hydroxyl groups is 1. The molecule has 2 atom stereocenters. The number of para-hydroxylation sites is 2. The minimum Gasteiger partial charge on any atom is -0.486 e. The number of methoxy groups -OCH3 is 1. The van der Waals surface area contributed by atoms with Crippen LogP contribution in [0.4, 0.5) is 0 Å². The molecule has 2 rings (SSSR count). The number of benzene rings is 1. The summed E-state index contributed by atoms with van der Waals surface area (Å²) >= 11 is 0. The SMILES string of the molecule is COCCN(C)CC(O)C1COc2ccccc2O1. The Morgan fingerprint density at radius 3 is 2.89 bits per heavy atom. The lowest BCUT2D eigenvalue weighted by Gasteiger charge is -2.31. The summed E-state index contributed by atoms with van der Waals surface area (Å²) in [6, 6.07) is 7.50. The van der Waals surface area contributed by atoms with Crippen molar-refractivity contribution in [3.63, 3.8) is 0 Å². The molecule has 106 valence electrons. The van der Waals surface area contributed by atoms with Gasteiger partial charge in [-0.05, 0) is 19.2 Å². The van der Waals surface area contributed by atoms with Crippen LogP contribution in [0, 0.1) is 0 Å². The van der Waals surface area contributed by atoms with Crippen LogP contribution in [0.25, 0.3) is 0 Å². The first-order valence-electron chi connectivity index (χ1n) is 6.44. The maximum atomic E-state index is 10.2. The van der Waals surface area contributed by atoms with Gasteiger partial charge in [0.05, 0.1) is 6.61 Å². The molecule has 2 unspecified atom stereocenters. The van der Waals surface area contributed by atoms with E-state index in [4.69, 9.17) is 14.2 Å². The summed E-state index contributed by atoms with van der Waals surface area (Å²) in [7, 11) is 3.61. The molecule has 0 amide bonds. The molecule has 0 saturated carbocycles. The first-order chi connectivity index (χ1) is 9.20. The van der Waals surface area contributed by atoms with E-state index in [1.165, 1.54) is 0 Å². The fourth-order valence-electron chi connectivity index (χ4n) is 2.00. The van der Waals surface area contributed by atoms with Crippen LogP contribution in [-0.4, -0.2) is 62.7 Å². The number of likely N-dealkylation sites (N-methyl/N-ethyl adjacent to an activating group) is 1. The zero-order valence-corrected chi connectivity index (χ0v) is 11.4. The number of aliphatic hydroxyl groups excluding tert-OH is 1. The second-order valence-corrected chi connectivity index (χ2v) is 4.74. The number of nitrogens with zero attached hydrogens (tertiary/aromatic N) is 1. The molecule has 0 bridgehead atoms. The number of fused-ring (bicyclic) bond motifs is 1. The Labute approximate surface area is 113 Å². The molecule has 5 heteroatoms. The molecule has 5 nitrogen and oxygen atoms in total. The molecule has 0 fully saturated rings. The molecular formula is C14H21NO4.